The summed E-state index contributed by atoms with van der Waals surface area (Å²) in [4.78, 5) is 6.70. The Balaban J connectivity index is 0.961. The maximum Gasteiger partial charge on any atom is 0.252 e. The SMILES string of the molecule is [2H]c1c([2H])c([2H])c(N(c2ccc(-n3c4c([2H])c([2H])c([2H])c([2H])c4c4c([2H])c([2H])c([2H])c([2H])c43)cc2)c2ccc3c(c2)N(c2c(-c4ccccc4)cc(C(C)(C)C)cc2-c2ccccc2)c2cc(-c4cc(C(C)(C)C)cc(C(C)(C)C)c4)cc4c2B3c2ccc(-n3c5ccc(C(C)(C)C)cc5c5cc(C(C)(C)C)ccc53)cc2N4c2cc(-c3ccccc3)cc(-c3ccccc3)c2)c([2H])c1[2H]. The van der Waals surface area contributed by atoms with E-state index in [1.54, 1.807) is 29.2 Å². The van der Waals surface area contributed by atoms with E-state index >= 15 is 0 Å². The van der Waals surface area contributed by atoms with Crippen molar-refractivity contribution < 1.29 is 17.8 Å². The van der Waals surface area contributed by atoms with E-state index in [0.29, 0.717) is 17.1 Å². The van der Waals surface area contributed by atoms with Gasteiger partial charge in [-0.25, -0.2) is 0 Å². The zero-order chi connectivity index (χ0) is 95.4. The molecule has 2 aliphatic rings. The number of benzene rings is 16. The molecule has 0 N–H and O–H groups in total. The first kappa shape index (κ1) is 63.6. The molecule has 4 heterocycles. The van der Waals surface area contributed by atoms with E-state index in [0.717, 1.165) is 134 Å². The second-order valence-electron chi connectivity index (χ2n) is 38.1. The van der Waals surface area contributed by atoms with Crippen molar-refractivity contribution in [2.45, 2.75) is 131 Å². The first-order chi connectivity index (χ1) is 64.0. The van der Waals surface area contributed by atoms with Gasteiger partial charge < -0.3 is 23.8 Å². The highest BCUT2D eigenvalue weighted by atomic mass is 15.2. The molecule has 0 atom stereocenters. The van der Waals surface area contributed by atoms with Crippen molar-refractivity contribution in [1.29, 1.82) is 0 Å². The number of nitrogens with zero attached hydrogens (tertiary/aromatic N) is 5. The van der Waals surface area contributed by atoms with Gasteiger partial charge in [-0.05, 0) is 255 Å². The fourth-order valence-electron chi connectivity index (χ4n) is 18.3. The van der Waals surface area contributed by atoms with Gasteiger partial charge in [0, 0.05) is 89.5 Å². The Kier molecular flexibility index (Phi) is 15.2. The third-order valence-electron chi connectivity index (χ3n) is 24.9. The molecule has 0 unspecified atom stereocenters. The lowest BCUT2D eigenvalue weighted by Gasteiger charge is -2.46. The van der Waals surface area contributed by atoms with Gasteiger partial charge in [0.05, 0.1) is 45.6 Å². The summed E-state index contributed by atoms with van der Waals surface area (Å²) in [6.07, 6.45) is 0. The van der Waals surface area contributed by atoms with Gasteiger partial charge in [0.15, 0.2) is 0 Å². The van der Waals surface area contributed by atoms with E-state index in [1.807, 2.05) is 18.2 Å². The predicted molar refractivity (Wildman–Crippen MR) is 525 cm³/mol. The summed E-state index contributed by atoms with van der Waals surface area (Å²) in [5.74, 6) is 0. The molecule has 16 aromatic carbocycles. The Morgan fingerprint density at radius 1 is 0.254 bits per heavy atom. The van der Waals surface area contributed by atoms with Crippen LogP contribution in [-0.2, 0) is 27.1 Å². The lowest BCUT2D eigenvalue weighted by molar-refractivity contribution is 0.569. The molecule has 2 aliphatic heterocycles. The molecular weight excluding hydrogens is 1470 g/mol. The highest BCUT2D eigenvalue weighted by Gasteiger charge is 2.46. The van der Waals surface area contributed by atoms with Crippen molar-refractivity contribution in [2.24, 2.45) is 0 Å². The van der Waals surface area contributed by atoms with Crippen molar-refractivity contribution in [3.05, 3.63) is 385 Å². The van der Waals surface area contributed by atoms with Gasteiger partial charge in [-0.15, -0.1) is 0 Å². The Morgan fingerprint density at radius 3 is 1.15 bits per heavy atom. The largest absolute Gasteiger partial charge is 0.311 e. The predicted octanol–water partition coefficient (Wildman–Crippen LogP) is 30.3. The summed E-state index contributed by atoms with van der Waals surface area (Å²) in [6, 6.07) is 93.4. The Bertz CT molecular complexity index is 7640. The Hall–Kier alpha value is -13.4. The maximum atomic E-state index is 10.2. The van der Waals surface area contributed by atoms with Crippen molar-refractivity contribution in [3.63, 3.8) is 0 Å². The minimum absolute atomic E-state index is 0.0752. The normalized spacial score (nSPS) is 14.5. The van der Waals surface area contributed by atoms with Gasteiger partial charge in [0.1, 0.15) is 0 Å². The van der Waals surface area contributed by atoms with Crippen LogP contribution in [0.15, 0.2) is 358 Å². The van der Waals surface area contributed by atoms with E-state index < -0.39 is 90.7 Å². The number of anilines is 9. The van der Waals surface area contributed by atoms with Crippen LogP contribution < -0.4 is 31.1 Å². The molecule has 122 heavy (non-hydrogen) atoms. The molecule has 0 bridgehead atoms. The molecule has 0 spiro atoms. The van der Waals surface area contributed by atoms with E-state index in [4.69, 9.17) is 6.85 Å². The number of rotatable bonds is 12. The van der Waals surface area contributed by atoms with Crippen LogP contribution in [0.3, 0.4) is 0 Å². The van der Waals surface area contributed by atoms with Crippen molar-refractivity contribution in [1.82, 2.24) is 9.13 Å². The molecule has 0 saturated carbocycles. The van der Waals surface area contributed by atoms with Crippen molar-refractivity contribution in [3.8, 4) is 67.0 Å². The van der Waals surface area contributed by atoms with E-state index in [-0.39, 0.29) is 54.8 Å². The summed E-state index contributed by atoms with van der Waals surface area (Å²) >= 11 is 0. The summed E-state index contributed by atoms with van der Waals surface area (Å²) in [7, 11) is 0. The second kappa shape index (κ2) is 29.2. The third kappa shape index (κ3) is 13.5. The topological polar surface area (TPSA) is 19.6 Å². The Morgan fingerprint density at radius 2 is 0.656 bits per heavy atom. The van der Waals surface area contributed by atoms with Gasteiger partial charge in [0.25, 0.3) is 6.71 Å². The van der Waals surface area contributed by atoms with E-state index in [9.17, 15) is 11.0 Å². The number of fused-ring (bicyclic) bond motifs is 10. The molecule has 0 aliphatic carbocycles. The third-order valence-corrected chi connectivity index (χ3v) is 24.9. The summed E-state index contributed by atoms with van der Waals surface area (Å²) in [5.41, 5.74) is 26.1. The number of hydrogen-bond acceptors (Lipinski definition) is 3. The van der Waals surface area contributed by atoms with Crippen LogP contribution >= 0.6 is 0 Å². The van der Waals surface area contributed by atoms with Crippen molar-refractivity contribution in [2.75, 3.05) is 14.7 Å². The fraction of sp³-hybridized carbons (Fsp3) is 0.172. The summed E-state index contributed by atoms with van der Waals surface area (Å²) in [6.45, 7) is 33.5. The van der Waals surface area contributed by atoms with Gasteiger partial charge in [0.2, 0.25) is 0 Å². The first-order valence-electron chi connectivity index (χ1n) is 48.9. The molecule has 6 heteroatoms. The van der Waals surface area contributed by atoms with Crippen LogP contribution in [0.1, 0.15) is 149 Å². The van der Waals surface area contributed by atoms with Crippen LogP contribution in [-0.4, -0.2) is 15.8 Å². The average Bonchev–Trinajstić information content (AvgIpc) is 1.24. The smallest absolute Gasteiger partial charge is 0.252 e. The molecule has 0 amide bonds. The Labute approximate surface area is 738 Å². The number of aromatic nitrogens is 2. The first-order valence-corrected chi connectivity index (χ1v) is 42.4. The molecule has 20 rings (SSSR count). The van der Waals surface area contributed by atoms with Gasteiger partial charge in [-0.2, -0.15) is 0 Å². The molecule has 0 fully saturated rings. The van der Waals surface area contributed by atoms with Crippen molar-refractivity contribution >= 4 is 118 Å². The molecule has 2 aromatic heterocycles. The lowest BCUT2D eigenvalue weighted by atomic mass is 9.33. The minimum atomic E-state index is -0.597. The fourth-order valence-corrected chi connectivity index (χ4v) is 18.3. The lowest BCUT2D eigenvalue weighted by Crippen LogP contribution is -2.61. The van der Waals surface area contributed by atoms with Gasteiger partial charge >= 0.3 is 0 Å². The zero-order valence-electron chi connectivity index (χ0n) is 84.9. The second-order valence-corrected chi connectivity index (χ2v) is 38.1. The van der Waals surface area contributed by atoms with Crippen LogP contribution in [0, 0.1) is 0 Å². The van der Waals surface area contributed by atoms with Gasteiger partial charge in [-0.3, -0.25) is 0 Å². The summed E-state index contributed by atoms with van der Waals surface area (Å²) < 4.78 is 126. The quantitative estimate of drug-likeness (QED) is 0.114. The molecule has 0 saturated heterocycles. The standard InChI is InChI=1S/C116H104BN5/c1-112(2,3)83-49-59-104-98(69-83)99-70-84(113(4,5)6)50-60-105(99)120(104)92-56-58-100-106(74-92)121(93-64-79(75-35-21-16-22-36-75)61-80(65-93)76-37-23-17-24-38-76)108-66-82(81-62-85(114(7,8)9)68-86(63-81)115(10,11)12)67-109-110(108)117(100)101-57-55-91(73-107(101)122(109)111-96(77-39-25-18-26-40-77)71-87(116(13,14)15)72-97(111)78-41-27-19-28-42-78)118(88-43-29-20-30-44-88)89-51-53-90(54-52-89)119-102-47-33-31-45-94(102)95-46-32-34-48-103(95)119/h16-74H,1-15H3/i20D,29D,30D,31D,32D,33D,34D,43D,44D,45D,46D,47D,48D. The molecule has 596 valence electrons. The maximum absolute atomic E-state index is 10.2. The van der Waals surface area contributed by atoms with Crippen LogP contribution in [0.5, 0.6) is 0 Å². The molecule has 0 radical (unpaired) electrons. The summed E-state index contributed by atoms with van der Waals surface area (Å²) in [5, 5.41) is 2.13. The van der Waals surface area contributed by atoms with E-state index in [1.165, 1.54) is 26.8 Å². The zero-order valence-corrected chi connectivity index (χ0v) is 71.9. The molecular formula is C116H104BN5. The van der Waals surface area contributed by atoms with Crippen LogP contribution in [0.4, 0.5) is 51.2 Å². The van der Waals surface area contributed by atoms with Crippen LogP contribution in [0.2, 0.25) is 0 Å². The van der Waals surface area contributed by atoms with Crippen LogP contribution in [0.25, 0.3) is 111 Å². The van der Waals surface area contributed by atoms with E-state index in [2.05, 4.69) is 355 Å². The molecule has 18 aromatic rings. The number of hydrogen-bond donors (Lipinski definition) is 0. The highest BCUT2D eigenvalue weighted by Crippen LogP contribution is 2.55. The average molecular weight is 1590 g/mol. The number of para-hydroxylation sites is 3. The molecule has 5 nitrogen and oxygen atoms in total. The van der Waals surface area contributed by atoms with Gasteiger partial charge in [-0.1, -0.05) is 322 Å². The minimum Gasteiger partial charge on any atom is -0.311 e. The highest BCUT2D eigenvalue weighted by molar-refractivity contribution is 7.00. The monoisotopic (exact) mass is 1590 g/mol.